The summed E-state index contributed by atoms with van der Waals surface area (Å²) in [6.07, 6.45) is 2.71. The molecule has 1 saturated carbocycles. The Hall–Kier alpha value is 0.460. The monoisotopic (exact) mass is 454 g/mol. The van der Waals surface area contributed by atoms with Gasteiger partial charge in [0.1, 0.15) is 6.10 Å². The van der Waals surface area contributed by atoms with E-state index in [1.807, 2.05) is 0 Å². The summed E-state index contributed by atoms with van der Waals surface area (Å²) in [6, 6.07) is 0. The van der Waals surface area contributed by atoms with Gasteiger partial charge in [0.2, 0.25) is 0 Å². The molecule has 0 saturated heterocycles. The zero-order valence-corrected chi connectivity index (χ0v) is 17.8. The van der Waals surface area contributed by atoms with Crippen LogP contribution < -0.4 is 0 Å². The SMILES string of the molecule is CC(=O)O[C@@H]1C(C)=C2CC[C@](C)(Cl)[C@@H](Br)C[C@]2(C)[C@@H](C)[C@H]1Br. The van der Waals surface area contributed by atoms with Gasteiger partial charge >= 0.3 is 5.97 Å². The van der Waals surface area contributed by atoms with Crippen molar-refractivity contribution in [3.8, 4) is 0 Å². The molecule has 0 heterocycles. The Bertz CT molecular complexity index is 503. The lowest BCUT2D eigenvalue weighted by molar-refractivity contribution is -0.145. The summed E-state index contributed by atoms with van der Waals surface area (Å²) in [4.78, 5) is 11.6. The molecule has 2 aliphatic rings. The van der Waals surface area contributed by atoms with Crippen LogP contribution in [0.1, 0.15) is 53.9 Å². The molecule has 6 atom stereocenters. The van der Waals surface area contributed by atoms with Gasteiger partial charge in [-0.2, -0.15) is 0 Å². The highest BCUT2D eigenvalue weighted by Crippen LogP contribution is 2.57. The molecule has 126 valence electrons. The number of allylic oxidation sites excluding steroid dienone is 1. The van der Waals surface area contributed by atoms with Crippen molar-refractivity contribution in [2.45, 2.75) is 74.5 Å². The first-order valence-electron chi connectivity index (χ1n) is 7.85. The molecule has 0 radical (unpaired) electrons. The number of rotatable bonds is 1. The lowest BCUT2D eigenvalue weighted by Gasteiger charge is -2.48. The zero-order chi connectivity index (χ0) is 16.9. The Balaban J connectivity index is 2.50. The Labute approximate surface area is 155 Å². The largest absolute Gasteiger partial charge is 0.457 e. The zero-order valence-electron chi connectivity index (χ0n) is 13.9. The van der Waals surface area contributed by atoms with Crippen LogP contribution in [-0.4, -0.2) is 26.6 Å². The van der Waals surface area contributed by atoms with E-state index in [0.717, 1.165) is 19.3 Å². The van der Waals surface area contributed by atoms with E-state index < -0.39 is 0 Å². The van der Waals surface area contributed by atoms with E-state index in [0.29, 0.717) is 5.92 Å². The first kappa shape index (κ1) is 18.8. The van der Waals surface area contributed by atoms with Crippen LogP contribution >= 0.6 is 43.5 Å². The maximum absolute atomic E-state index is 11.5. The number of carbonyl (C=O) groups is 1. The minimum Gasteiger partial charge on any atom is -0.457 e. The van der Waals surface area contributed by atoms with Gasteiger partial charge in [0.15, 0.2) is 0 Å². The van der Waals surface area contributed by atoms with Crippen molar-refractivity contribution >= 4 is 49.4 Å². The Kier molecular flexibility index (Phi) is 5.47. The number of halogens is 3. The van der Waals surface area contributed by atoms with Gasteiger partial charge in [-0.1, -0.05) is 51.3 Å². The molecule has 0 aromatic carbocycles. The number of alkyl halides is 3. The highest BCUT2D eigenvalue weighted by molar-refractivity contribution is 9.09. The molecular formula is C17H25Br2ClO2. The summed E-state index contributed by atoms with van der Waals surface area (Å²) >= 11 is 14.4. The van der Waals surface area contributed by atoms with Crippen LogP contribution in [0.15, 0.2) is 11.1 Å². The van der Waals surface area contributed by atoms with Crippen molar-refractivity contribution in [3.63, 3.8) is 0 Å². The normalized spacial score (nSPS) is 46.0. The lowest BCUT2D eigenvalue weighted by Crippen LogP contribution is -2.47. The molecule has 0 bridgehead atoms. The van der Waals surface area contributed by atoms with E-state index in [9.17, 15) is 4.79 Å². The Morgan fingerprint density at radius 1 is 1.36 bits per heavy atom. The van der Waals surface area contributed by atoms with Crippen molar-refractivity contribution < 1.29 is 9.53 Å². The van der Waals surface area contributed by atoms with Crippen LogP contribution in [0.3, 0.4) is 0 Å². The molecule has 22 heavy (non-hydrogen) atoms. The number of ether oxygens (including phenoxy) is 1. The third kappa shape index (κ3) is 3.17. The maximum atomic E-state index is 11.5. The van der Waals surface area contributed by atoms with E-state index in [2.05, 4.69) is 59.6 Å². The highest BCUT2D eigenvalue weighted by Gasteiger charge is 2.52. The standard InChI is InChI=1S/C17H25Br2ClO2/c1-9-12-6-7-17(5,20)13(18)8-16(12,4)10(2)14(19)15(9)22-11(3)21/h10,13-15H,6-8H2,1-5H3/t10-,13-,14+,15+,16+,17-/m0/s1. The summed E-state index contributed by atoms with van der Waals surface area (Å²) in [5.41, 5.74) is 2.69. The van der Waals surface area contributed by atoms with Gasteiger partial charge < -0.3 is 4.74 Å². The van der Waals surface area contributed by atoms with Crippen LogP contribution in [-0.2, 0) is 9.53 Å². The molecule has 0 N–H and O–H groups in total. The molecule has 2 aliphatic carbocycles. The van der Waals surface area contributed by atoms with Crippen LogP contribution in [0, 0.1) is 11.3 Å². The van der Waals surface area contributed by atoms with Crippen molar-refractivity contribution in [2.75, 3.05) is 0 Å². The van der Waals surface area contributed by atoms with E-state index in [1.165, 1.54) is 18.1 Å². The minimum absolute atomic E-state index is 0.0652. The van der Waals surface area contributed by atoms with E-state index in [4.69, 9.17) is 16.3 Å². The predicted molar refractivity (Wildman–Crippen MR) is 99.1 cm³/mol. The third-order valence-electron chi connectivity index (χ3n) is 5.78. The highest BCUT2D eigenvalue weighted by atomic mass is 79.9. The molecule has 0 unspecified atom stereocenters. The first-order valence-corrected chi connectivity index (χ1v) is 10.1. The van der Waals surface area contributed by atoms with Gasteiger partial charge in [-0.25, -0.2) is 0 Å². The first-order chi connectivity index (χ1) is 10.0. The molecule has 0 amide bonds. The Morgan fingerprint density at radius 3 is 2.50 bits per heavy atom. The number of hydrogen-bond donors (Lipinski definition) is 0. The van der Waals surface area contributed by atoms with Crippen LogP contribution in [0.5, 0.6) is 0 Å². The fraction of sp³-hybridized carbons (Fsp3) is 0.824. The summed E-state index contributed by atoms with van der Waals surface area (Å²) < 4.78 is 5.61. The fourth-order valence-electron chi connectivity index (χ4n) is 3.98. The summed E-state index contributed by atoms with van der Waals surface area (Å²) in [5, 5.41) is 0. The van der Waals surface area contributed by atoms with Crippen molar-refractivity contribution in [1.29, 1.82) is 0 Å². The molecule has 0 aromatic heterocycles. The number of hydrogen-bond acceptors (Lipinski definition) is 2. The molecule has 0 aromatic rings. The van der Waals surface area contributed by atoms with Crippen LogP contribution in [0.2, 0.25) is 0 Å². The molecule has 2 nitrogen and oxygen atoms in total. The summed E-state index contributed by atoms with van der Waals surface area (Å²) in [5.74, 6) is 0.139. The molecule has 5 heteroatoms. The van der Waals surface area contributed by atoms with Gasteiger partial charge in [-0.15, -0.1) is 11.6 Å². The average Bonchev–Trinajstić information content (AvgIpc) is 2.49. The second-order valence-electron chi connectivity index (χ2n) is 7.29. The quantitative estimate of drug-likeness (QED) is 0.292. The maximum Gasteiger partial charge on any atom is 0.303 e. The van der Waals surface area contributed by atoms with Crippen LogP contribution in [0.25, 0.3) is 0 Å². The second kappa shape index (κ2) is 6.40. The van der Waals surface area contributed by atoms with E-state index in [-0.39, 0.29) is 32.0 Å². The van der Waals surface area contributed by atoms with Gasteiger partial charge in [-0.3, -0.25) is 4.79 Å². The summed E-state index contributed by atoms with van der Waals surface area (Å²) in [6.45, 7) is 10.3. The predicted octanol–water partition coefficient (Wildman–Crippen LogP) is 5.60. The van der Waals surface area contributed by atoms with Gasteiger partial charge in [-0.05, 0) is 50.0 Å². The lowest BCUT2D eigenvalue weighted by atomic mass is 9.62. The van der Waals surface area contributed by atoms with Gasteiger partial charge in [0, 0.05) is 11.8 Å². The number of esters is 1. The molecule has 0 aliphatic heterocycles. The summed E-state index contributed by atoms with van der Waals surface area (Å²) in [7, 11) is 0. The molecule has 2 rings (SSSR count). The average molecular weight is 457 g/mol. The third-order valence-corrected chi connectivity index (χ3v) is 9.10. The van der Waals surface area contributed by atoms with E-state index >= 15 is 0 Å². The number of fused-ring (bicyclic) bond motifs is 1. The second-order valence-corrected chi connectivity index (χ2v) is 10.3. The van der Waals surface area contributed by atoms with Gasteiger partial charge in [0.05, 0.1) is 9.70 Å². The van der Waals surface area contributed by atoms with Crippen molar-refractivity contribution in [3.05, 3.63) is 11.1 Å². The molecule has 0 spiro atoms. The molecular weight excluding hydrogens is 431 g/mol. The topological polar surface area (TPSA) is 26.3 Å². The smallest absolute Gasteiger partial charge is 0.303 e. The van der Waals surface area contributed by atoms with Gasteiger partial charge in [0.25, 0.3) is 0 Å². The fourth-order valence-corrected chi connectivity index (χ4v) is 6.15. The van der Waals surface area contributed by atoms with Crippen molar-refractivity contribution in [1.82, 2.24) is 0 Å². The Morgan fingerprint density at radius 2 is 1.95 bits per heavy atom. The minimum atomic E-state index is -0.244. The van der Waals surface area contributed by atoms with Crippen molar-refractivity contribution in [2.24, 2.45) is 11.3 Å². The van der Waals surface area contributed by atoms with E-state index in [1.54, 1.807) is 0 Å². The number of carbonyl (C=O) groups excluding carboxylic acids is 1. The van der Waals surface area contributed by atoms with Crippen LogP contribution in [0.4, 0.5) is 0 Å². The molecule has 1 fully saturated rings.